The van der Waals surface area contributed by atoms with Crippen molar-refractivity contribution in [1.29, 1.82) is 0 Å². The Kier molecular flexibility index (Phi) is 8.64. The van der Waals surface area contributed by atoms with E-state index in [2.05, 4.69) is 20.9 Å². The maximum absolute atomic E-state index is 14.3. The summed E-state index contributed by atoms with van der Waals surface area (Å²) in [6.07, 6.45) is 9.37. The molecule has 1 fully saturated rings. The second-order valence-electron chi connectivity index (χ2n) is 9.30. The van der Waals surface area contributed by atoms with Crippen LogP contribution in [0, 0.1) is 11.6 Å². The Morgan fingerprint density at radius 2 is 2.21 bits per heavy atom. The van der Waals surface area contributed by atoms with Crippen LogP contribution in [0.3, 0.4) is 0 Å². The Hall–Kier alpha value is -2.36. The van der Waals surface area contributed by atoms with Crippen molar-refractivity contribution < 1.29 is 18.3 Å². The number of aryl methyl sites for hydroxylation is 1. The lowest BCUT2D eigenvalue weighted by atomic mass is 9.87. The summed E-state index contributed by atoms with van der Waals surface area (Å²) in [5.41, 5.74) is 1.27. The maximum Gasteiger partial charge on any atom is 0.242 e. The van der Waals surface area contributed by atoms with Crippen LogP contribution in [0.1, 0.15) is 50.2 Å². The zero-order valence-electron chi connectivity index (χ0n) is 19.8. The molecule has 0 radical (unpaired) electrons. The molecule has 1 aliphatic heterocycles. The number of imidazole rings is 1. The predicted molar refractivity (Wildman–Crippen MR) is 127 cm³/mol. The maximum atomic E-state index is 14.3. The predicted octanol–water partition coefficient (Wildman–Crippen LogP) is 3.18. The molecule has 2 aliphatic rings. The van der Waals surface area contributed by atoms with Gasteiger partial charge in [0.2, 0.25) is 5.91 Å². The fourth-order valence-corrected chi connectivity index (χ4v) is 4.83. The van der Waals surface area contributed by atoms with Gasteiger partial charge >= 0.3 is 0 Å². The van der Waals surface area contributed by atoms with Crippen molar-refractivity contribution in [3.05, 3.63) is 47.4 Å². The van der Waals surface area contributed by atoms with Gasteiger partial charge in [0, 0.05) is 44.5 Å². The molecule has 0 bridgehead atoms. The van der Waals surface area contributed by atoms with Gasteiger partial charge in [0.25, 0.3) is 0 Å². The summed E-state index contributed by atoms with van der Waals surface area (Å²) in [5, 5.41) is 9.72. The molecule has 0 unspecified atom stereocenters. The van der Waals surface area contributed by atoms with Crippen LogP contribution >= 0.6 is 0 Å². The second kappa shape index (κ2) is 11.9. The highest BCUT2D eigenvalue weighted by atomic mass is 19.1. The first kappa shape index (κ1) is 24.8. The molecule has 34 heavy (non-hydrogen) atoms. The van der Waals surface area contributed by atoms with Gasteiger partial charge < -0.3 is 25.3 Å². The Morgan fingerprint density at radius 3 is 3.00 bits per heavy atom. The number of nitrogens with one attached hydrogen (secondary N) is 3. The normalized spacial score (nSPS) is 20.8. The zero-order valence-corrected chi connectivity index (χ0v) is 19.8. The standard InChI is InChI=1S/C25H35F2N5O2/c1-2-4-23(30-19-7-6-17-11-18(26)12-22(27)21(17)13-19)25(33)31-24-15-32(16-29-24)9-8-28-14-20-5-3-10-34-20/h11-12,15-16,19-20,23,28,30H,2-10,13-14H2,1H3,(H,31,33)/t19-,20-,23-/m0/s1. The van der Waals surface area contributed by atoms with Crippen molar-refractivity contribution in [2.45, 2.75) is 76.6 Å². The number of carbonyl (C=O) groups is 1. The van der Waals surface area contributed by atoms with Gasteiger partial charge in [-0.3, -0.25) is 4.79 Å². The minimum atomic E-state index is -0.538. The van der Waals surface area contributed by atoms with Crippen molar-refractivity contribution in [2.75, 3.05) is 25.0 Å². The molecule has 1 aromatic heterocycles. The average molecular weight is 476 g/mol. The van der Waals surface area contributed by atoms with Crippen LogP contribution in [0.25, 0.3) is 0 Å². The molecule has 4 rings (SSSR count). The molecule has 3 atom stereocenters. The highest BCUT2D eigenvalue weighted by molar-refractivity contribution is 5.94. The van der Waals surface area contributed by atoms with E-state index in [-0.39, 0.29) is 11.9 Å². The molecule has 0 saturated carbocycles. The van der Waals surface area contributed by atoms with Gasteiger partial charge in [-0.1, -0.05) is 13.3 Å². The van der Waals surface area contributed by atoms with Crippen LogP contribution < -0.4 is 16.0 Å². The van der Waals surface area contributed by atoms with Gasteiger partial charge in [0.15, 0.2) is 5.82 Å². The van der Waals surface area contributed by atoms with Gasteiger partial charge in [0.05, 0.1) is 18.5 Å². The van der Waals surface area contributed by atoms with E-state index in [9.17, 15) is 13.6 Å². The summed E-state index contributed by atoms with van der Waals surface area (Å²) >= 11 is 0. The lowest BCUT2D eigenvalue weighted by molar-refractivity contribution is -0.118. The number of benzene rings is 1. The van der Waals surface area contributed by atoms with Crippen molar-refractivity contribution in [1.82, 2.24) is 20.2 Å². The molecule has 1 saturated heterocycles. The molecule has 1 aliphatic carbocycles. The monoisotopic (exact) mass is 475 g/mol. The van der Waals surface area contributed by atoms with E-state index in [1.54, 1.807) is 6.33 Å². The topological polar surface area (TPSA) is 80.2 Å². The number of carbonyl (C=O) groups excluding carboxylic acids is 1. The third-order valence-electron chi connectivity index (χ3n) is 6.62. The highest BCUT2D eigenvalue weighted by Gasteiger charge is 2.27. The van der Waals surface area contributed by atoms with E-state index >= 15 is 0 Å². The summed E-state index contributed by atoms with van der Waals surface area (Å²) in [5.74, 6) is -0.672. The molecule has 1 amide bonds. The number of rotatable bonds is 11. The molecule has 186 valence electrons. The van der Waals surface area contributed by atoms with E-state index in [0.717, 1.165) is 63.6 Å². The molecule has 0 spiro atoms. The molecule has 2 heterocycles. The fraction of sp³-hybridized carbons (Fsp3) is 0.600. The van der Waals surface area contributed by atoms with E-state index in [0.29, 0.717) is 36.7 Å². The fourth-order valence-electron chi connectivity index (χ4n) is 4.83. The summed E-state index contributed by atoms with van der Waals surface area (Å²) in [4.78, 5) is 17.3. The van der Waals surface area contributed by atoms with Crippen molar-refractivity contribution in [3.63, 3.8) is 0 Å². The highest BCUT2D eigenvalue weighted by Crippen LogP contribution is 2.26. The number of nitrogens with zero attached hydrogens (tertiary/aromatic N) is 2. The number of aromatic nitrogens is 2. The van der Waals surface area contributed by atoms with E-state index in [4.69, 9.17) is 4.74 Å². The molecule has 7 nitrogen and oxygen atoms in total. The van der Waals surface area contributed by atoms with Gasteiger partial charge in [-0.05, 0) is 55.7 Å². The SMILES string of the molecule is CCC[C@H](N[C@H]1CCc2cc(F)cc(F)c2C1)C(=O)Nc1cn(CCNC[C@@H]2CCCO2)cn1. The van der Waals surface area contributed by atoms with Crippen LogP contribution in [0.4, 0.5) is 14.6 Å². The van der Waals surface area contributed by atoms with Crippen LogP contribution in [0.15, 0.2) is 24.7 Å². The number of amides is 1. The molecule has 2 aromatic rings. The van der Waals surface area contributed by atoms with Gasteiger partial charge in [-0.15, -0.1) is 0 Å². The number of fused-ring (bicyclic) bond motifs is 1. The Labute approximate surface area is 199 Å². The number of halogens is 2. The van der Waals surface area contributed by atoms with Crippen molar-refractivity contribution >= 4 is 11.7 Å². The third-order valence-corrected chi connectivity index (χ3v) is 6.62. The van der Waals surface area contributed by atoms with E-state index in [1.165, 1.54) is 6.07 Å². The lowest BCUT2D eigenvalue weighted by Gasteiger charge is -2.29. The quantitative estimate of drug-likeness (QED) is 0.435. The first-order chi connectivity index (χ1) is 16.5. The largest absolute Gasteiger partial charge is 0.377 e. The number of anilines is 1. The Balaban J connectivity index is 1.26. The molecular weight excluding hydrogens is 440 g/mol. The first-order valence-corrected chi connectivity index (χ1v) is 12.4. The molecule has 1 aromatic carbocycles. The van der Waals surface area contributed by atoms with Crippen LogP contribution in [-0.2, 0) is 28.9 Å². The van der Waals surface area contributed by atoms with Gasteiger partial charge in [-0.2, -0.15) is 0 Å². The molecule has 3 N–H and O–H groups in total. The second-order valence-corrected chi connectivity index (χ2v) is 9.30. The van der Waals surface area contributed by atoms with Crippen molar-refractivity contribution in [2.24, 2.45) is 0 Å². The van der Waals surface area contributed by atoms with Crippen LogP contribution in [-0.4, -0.2) is 53.3 Å². The summed E-state index contributed by atoms with van der Waals surface area (Å²) in [7, 11) is 0. The van der Waals surface area contributed by atoms with Gasteiger partial charge in [0.1, 0.15) is 11.6 Å². The number of ether oxygens (including phenoxy) is 1. The van der Waals surface area contributed by atoms with Crippen LogP contribution in [0.2, 0.25) is 0 Å². The summed E-state index contributed by atoms with van der Waals surface area (Å²) in [6, 6.07) is 1.91. The lowest BCUT2D eigenvalue weighted by Crippen LogP contribution is -2.48. The molecule has 9 heteroatoms. The third kappa shape index (κ3) is 6.61. The average Bonchev–Trinajstić information content (AvgIpc) is 3.49. The minimum absolute atomic E-state index is 0.0396. The summed E-state index contributed by atoms with van der Waals surface area (Å²) < 4.78 is 35.3. The van der Waals surface area contributed by atoms with Crippen molar-refractivity contribution in [3.8, 4) is 0 Å². The first-order valence-electron chi connectivity index (χ1n) is 12.4. The Morgan fingerprint density at radius 1 is 1.32 bits per heavy atom. The van der Waals surface area contributed by atoms with E-state index < -0.39 is 17.7 Å². The molecular formula is C25H35F2N5O2. The Bertz CT molecular complexity index is 961. The van der Waals surface area contributed by atoms with Crippen LogP contribution in [0.5, 0.6) is 0 Å². The number of hydrogen-bond acceptors (Lipinski definition) is 5. The van der Waals surface area contributed by atoms with E-state index in [1.807, 2.05) is 17.7 Å². The minimum Gasteiger partial charge on any atom is -0.377 e. The number of hydrogen-bond donors (Lipinski definition) is 3. The van der Waals surface area contributed by atoms with Gasteiger partial charge in [-0.25, -0.2) is 13.8 Å². The zero-order chi connectivity index (χ0) is 23.9. The smallest absolute Gasteiger partial charge is 0.242 e. The summed E-state index contributed by atoms with van der Waals surface area (Å²) in [6.45, 7) is 5.29.